The molecule has 0 saturated heterocycles. The van der Waals surface area contributed by atoms with Crippen LogP contribution in [0.25, 0.3) is 11.2 Å². The molecule has 1 aliphatic carbocycles. The molecule has 1 N–H and O–H groups in total. The van der Waals surface area contributed by atoms with E-state index in [9.17, 15) is 0 Å². The summed E-state index contributed by atoms with van der Waals surface area (Å²) in [5, 5.41) is 7.08. The number of aromatic nitrogens is 4. The van der Waals surface area contributed by atoms with Gasteiger partial charge in [-0.25, -0.2) is 9.97 Å². The van der Waals surface area contributed by atoms with Crippen LogP contribution in [0.5, 0.6) is 0 Å². The molecule has 0 radical (unpaired) electrons. The lowest BCUT2D eigenvalue weighted by atomic mass is 10.3. The third-order valence-corrected chi connectivity index (χ3v) is 2.20. The molecule has 0 amide bonds. The van der Waals surface area contributed by atoms with Gasteiger partial charge in [0.05, 0.1) is 5.69 Å². The predicted molar refractivity (Wildman–Crippen MR) is 43.7 cm³/mol. The summed E-state index contributed by atoms with van der Waals surface area (Å²) in [6.07, 6.45) is 5.89. The first-order chi connectivity index (χ1) is 5.95. The SMILES string of the molecule is c1cnc2c(C3CC3)[nH]nc2n1. The zero-order chi connectivity index (χ0) is 7.97. The lowest BCUT2D eigenvalue weighted by Crippen LogP contribution is -1.82. The summed E-state index contributed by atoms with van der Waals surface area (Å²) < 4.78 is 0. The molecule has 0 aromatic carbocycles. The van der Waals surface area contributed by atoms with Gasteiger partial charge in [0, 0.05) is 18.3 Å². The average Bonchev–Trinajstić information content (AvgIpc) is 2.86. The summed E-state index contributed by atoms with van der Waals surface area (Å²) in [6, 6.07) is 0. The Kier molecular flexibility index (Phi) is 1.03. The quantitative estimate of drug-likeness (QED) is 0.682. The minimum Gasteiger partial charge on any atom is -0.278 e. The highest BCUT2D eigenvalue weighted by Gasteiger charge is 2.28. The van der Waals surface area contributed by atoms with Crippen LogP contribution < -0.4 is 0 Å². The predicted octanol–water partition coefficient (Wildman–Crippen LogP) is 1.23. The summed E-state index contributed by atoms with van der Waals surface area (Å²) in [7, 11) is 0. The van der Waals surface area contributed by atoms with Gasteiger partial charge in [-0.1, -0.05) is 0 Å². The Hall–Kier alpha value is -1.45. The first-order valence-corrected chi connectivity index (χ1v) is 4.10. The minimum absolute atomic E-state index is 0.659. The van der Waals surface area contributed by atoms with Crippen molar-refractivity contribution in [3.05, 3.63) is 18.1 Å². The largest absolute Gasteiger partial charge is 0.278 e. The third-order valence-electron chi connectivity index (χ3n) is 2.20. The second kappa shape index (κ2) is 2.03. The highest BCUT2D eigenvalue weighted by Crippen LogP contribution is 2.40. The van der Waals surface area contributed by atoms with E-state index in [0.717, 1.165) is 16.9 Å². The number of nitrogens with one attached hydrogen (secondary N) is 1. The Labute approximate surface area is 69.0 Å². The molecule has 1 saturated carbocycles. The van der Waals surface area contributed by atoms with Crippen molar-refractivity contribution in [2.75, 3.05) is 0 Å². The molecule has 2 aromatic rings. The zero-order valence-electron chi connectivity index (χ0n) is 6.49. The lowest BCUT2D eigenvalue weighted by molar-refractivity contribution is 0.972. The molecule has 4 heteroatoms. The topological polar surface area (TPSA) is 54.5 Å². The van der Waals surface area contributed by atoms with Crippen molar-refractivity contribution >= 4 is 11.2 Å². The third kappa shape index (κ3) is 0.747. The summed E-state index contributed by atoms with van der Waals surface area (Å²) >= 11 is 0. The van der Waals surface area contributed by atoms with Gasteiger partial charge in [-0.05, 0) is 12.8 Å². The summed E-state index contributed by atoms with van der Waals surface area (Å²) in [5.41, 5.74) is 2.84. The van der Waals surface area contributed by atoms with E-state index in [1.165, 1.54) is 12.8 Å². The van der Waals surface area contributed by atoms with Crippen LogP contribution in [-0.4, -0.2) is 20.2 Å². The molecular formula is C8H8N4. The van der Waals surface area contributed by atoms with E-state index < -0.39 is 0 Å². The molecule has 60 valence electrons. The number of rotatable bonds is 1. The molecule has 1 aliphatic rings. The van der Waals surface area contributed by atoms with E-state index in [1.54, 1.807) is 12.4 Å². The molecule has 0 aliphatic heterocycles. The van der Waals surface area contributed by atoms with Crippen LogP contribution in [0.3, 0.4) is 0 Å². The Balaban J connectivity index is 2.30. The monoisotopic (exact) mass is 160 g/mol. The van der Waals surface area contributed by atoms with E-state index in [-0.39, 0.29) is 0 Å². The minimum atomic E-state index is 0.659. The number of hydrogen-bond donors (Lipinski definition) is 1. The molecule has 12 heavy (non-hydrogen) atoms. The fourth-order valence-electron chi connectivity index (χ4n) is 1.43. The molecule has 0 atom stereocenters. The highest BCUT2D eigenvalue weighted by atomic mass is 15.2. The number of aromatic amines is 1. The van der Waals surface area contributed by atoms with Gasteiger partial charge in [0.25, 0.3) is 0 Å². The van der Waals surface area contributed by atoms with Gasteiger partial charge in [0.15, 0.2) is 5.65 Å². The maximum Gasteiger partial charge on any atom is 0.199 e. The summed E-state index contributed by atoms with van der Waals surface area (Å²) in [4.78, 5) is 8.35. The van der Waals surface area contributed by atoms with E-state index in [1.807, 2.05) is 0 Å². The van der Waals surface area contributed by atoms with Crippen molar-refractivity contribution in [1.29, 1.82) is 0 Å². The van der Waals surface area contributed by atoms with Gasteiger partial charge < -0.3 is 0 Å². The van der Waals surface area contributed by atoms with Crippen LogP contribution in [0, 0.1) is 0 Å². The van der Waals surface area contributed by atoms with E-state index in [2.05, 4.69) is 20.2 Å². The molecule has 0 spiro atoms. The van der Waals surface area contributed by atoms with Gasteiger partial charge in [0.2, 0.25) is 0 Å². The van der Waals surface area contributed by atoms with Gasteiger partial charge >= 0.3 is 0 Å². The van der Waals surface area contributed by atoms with Gasteiger partial charge in [-0.3, -0.25) is 5.10 Å². The van der Waals surface area contributed by atoms with Crippen LogP contribution >= 0.6 is 0 Å². The fourth-order valence-corrected chi connectivity index (χ4v) is 1.43. The fraction of sp³-hybridized carbons (Fsp3) is 0.375. The number of hydrogen-bond acceptors (Lipinski definition) is 3. The van der Waals surface area contributed by atoms with Crippen molar-refractivity contribution < 1.29 is 0 Å². The first-order valence-electron chi connectivity index (χ1n) is 4.10. The van der Waals surface area contributed by atoms with Crippen molar-refractivity contribution in [3.8, 4) is 0 Å². The molecule has 0 unspecified atom stereocenters. The van der Waals surface area contributed by atoms with Gasteiger partial charge in [-0.15, -0.1) is 0 Å². The average molecular weight is 160 g/mol. The molecule has 2 heterocycles. The van der Waals surface area contributed by atoms with Crippen LogP contribution in [0.1, 0.15) is 24.5 Å². The Morgan fingerprint density at radius 3 is 2.92 bits per heavy atom. The summed E-state index contributed by atoms with van der Waals surface area (Å²) in [6.45, 7) is 0. The highest BCUT2D eigenvalue weighted by molar-refractivity contribution is 5.73. The molecule has 0 bridgehead atoms. The van der Waals surface area contributed by atoms with Crippen LogP contribution in [-0.2, 0) is 0 Å². The zero-order valence-corrected chi connectivity index (χ0v) is 6.49. The smallest absolute Gasteiger partial charge is 0.199 e. The number of H-pyrrole nitrogens is 1. The van der Waals surface area contributed by atoms with E-state index in [0.29, 0.717) is 5.92 Å². The van der Waals surface area contributed by atoms with Crippen molar-refractivity contribution in [2.24, 2.45) is 0 Å². The standard InChI is InChI=1S/C8H8N4/c1-2-5(1)6-7-8(12-11-6)10-4-3-9-7/h3-5H,1-2H2,(H,10,11,12). The van der Waals surface area contributed by atoms with Crippen molar-refractivity contribution in [1.82, 2.24) is 20.2 Å². The molecular weight excluding hydrogens is 152 g/mol. The van der Waals surface area contributed by atoms with Crippen molar-refractivity contribution in [3.63, 3.8) is 0 Å². The first kappa shape index (κ1) is 6.11. The summed E-state index contributed by atoms with van der Waals surface area (Å²) in [5.74, 6) is 0.659. The van der Waals surface area contributed by atoms with Crippen LogP contribution in [0.4, 0.5) is 0 Å². The molecule has 1 fully saturated rings. The Bertz CT molecular complexity index is 416. The second-order valence-corrected chi connectivity index (χ2v) is 3.14. The van der Waals surface area contributed by atoms with Crippen molar-refractivity contribution in [2.45, 2.75) is 18.8 Å². The van der Waals surface area contributed by atoms with Crippen LogP contribution in [0.15, 0.2) is 12.4 Å². The molecule has 2 aromatic heterocycles. The van der Waals surface area contributed by atoms with E-state index in [4.69, 9.17) is 0 Å². The van der Waals surface area contributed by atoms with Gasteiger partial charge in [0.1, 0.15) is 5.52 Å². The maximum absolute atomic E-state index is 4.25. The normalized spacial score (nSPS) is 17.0. The number of fused-ring (bicyclic) bond motifs is 1. The Morgan fingerprint density at radius 1 is 1.25 bits per heavy atom. The van der Waals surface area contributed by atoms with Crippen LogP contribution in [0.2, 0.25) is 0 Å². The van der Waals surface area contributed by atoms with Gasteiger partial charge in [-0.2, -0.15) is 5.10 Å². The Morgan fingerprint density at radius 2 is 2.08 bits per heavy atom. The molecule has 4 nitrogen and oxygen atoms in total. The maximum atomic E-state index is 4.25. The lowest BCUT2D eigenvalue weighted by Gasteiger charge is -1.89. The molecule has 3 rings (SSSR count). The number of nitrogens with zero attached hydrogens (tertiary/aromatic N) is 3. The van der Waals surface area contributed by atoms with E-state index >= 15 is 0 Å². The second-order valence-electron chi connectivity index (χ2n) is 3.14.